The predicted octanol–water partition coefficient (Wildman–Crippen LogP) is 15.9. The van der Waals surface area contributed by atoms with Gasteiger partial charge >= 0.3 is 13.8 Å². The average molecular weight is 890 g/mol. The van der Waals surface area contributed by atoms with Gasteiger partial charge in [0.2, 0.25) is 0 Å². The van der Waals surface area contributed by atoms with E-state index < -0.39 is 13.9 Å². The van der Waals surface area contributed by atoms with Crippen LogP contribution in [0, 0.1) is 0 Å². The zero-order chi connectivity index (χ0) is 45.1. The largest absolute Gasteiger partial charge is 0.472 e. The molecule has 360 valence electrons. The molecule has 0 spiro atoms. The van der Waals surface area contributed by atoms with Crippen molar-refractivity contribution in [3.63, 3.8) is 0 Å². The number of esters is 1. The number of hydrogen-bond donors (Lipinski definition) is 2. The van der Waals surface area contributed by atoms with Crippen LogP contribution in [0.4, 0.5) is 0 Å². The van der Waals surface area contributed by atoms with Crippen LogP contribution in [0.5, 0.6) is 0 Å². The van der Waals surface area contributed by atoms with Gasteiger partial charge in [-0.3, -0.25) is 13.8 Å². The monoisotopic (exact) mass is 890 g/mol. The van der Waals surface area contributed by atoms with Crippen LogP contribution >= 0.6 is 7.82 Å². The van der Waals surface area contributed by atoms with Gasteiger partial charge in [0.1, 0.15) is 6.10 Å². The maximum atomic E-state index is 12.7. The number of nitrogens with two attached hydrogens (primary N) is 1. The van der Waals surface area contributed by atoms with Crippen LogP contribution < -0.4 is 5.73 Å². The fourth-order valence-corrected chi connectivity index (χ4v) is 7.67. The maximum absolute atomic E-state index is 12.7. The van der Waals surface area contributed by atoms with Crippen LogP contribution in [0.3, 0.4) is 0 Å². The van der Waals surface area contributed by atoms with Crippen molar-refractivity contribution in [2.75, 3.05) is 33.0 Å². The summed E-state index contributed by atoms with van der Waals surface area (Å²) in [5.41, 5.74) is 5.39. The van der Waals surface area contributed by atoms with Crippen LogP contribution in [-0.2, 0) is 27.9 Å². The molecule has 0 bridgehead atoms. The van der Waals surface area contributed by atoms with E-state index in [-0.39, 0.29) is 32.3 Å². The Morgan fingerprint density at radius 2 is 0.903 bits per heavy atom. The van der Waals surface area contributed by atoms with E-state index in [2.05, 4.69) is 86.8 Å². The molecule has 0 rings (SSSR count). The fourth-order valence-electron chi connectivity index (χ4n) is 6.90. The molecule has 0 heterocycles. The lowest BCUT2D eigenvalue weighted by molar-refractivity contribution is -0.154. The van der Waals surface area contributed by atoms with E-state index in [9.17, 15) is 14.3 Å². The first-order valence-corrected chi connectivity index (χ1v) is 26.9. The first kappa shape index (κ1) is 59.9. The van der Waals surface area contributed by atoms with Crippen LogP contribution in [0.2, 0.25) is 0 Å². The van der Waals surface area contributed by atoms with Crippen LogP contribution in [0.1, 0.15) is 219 Å². The highest BCUT2D eigenvalue weighted by atomic mass is 31.2. The van der Waals surface area contributed by atoms with Gasteiger partial charge in [0.05, 0.1) is 19.8 Å². The summed E-state index contributed by atoms with van der Waals surface area (Å²) in [6, 6.07) is 0. The Morgan fingerprint density at radius 3 is 1.35 bits per heavy atom. The molecular weight excluding hydrogens is 794 g/mol. The number of carbonyl (C=O) groups is 1. The number of ether oxygens (including phenoxy) is 2. The smallest absolute Gasteiger partial charge is 0.457 e. The Bertz CT molecular complexity index is 1180. The quantitative estimate of drug-likeness (QED) is 0.0268. The minimum Gasteiger partial charge on any atom is -0.457 e. The first-order chi connectivity index (χ1) is 30.4. The lowest BCUT2D eigenvalue weighted by Gasteiger charge is -2.20. The molecule has 0 saturated carbocycles. The molecule has 2 unspecified atom stereocenters. The second-order valence-electron chi connectivity index (χ2n) is 16.6. The van der Waals surface area contributed by atoms with E-state index in [0.717, 1.165) is 77.0 Å². The van der Waals surface area contributed by atoms with Gasteiger partial charge < -0.3 is 20.1 Å². The predicted molar refractivity (Wildman–Crippen MR) is 265 cm³/mol. The third-order valence-corrected chi connectivity index (χ3v) is 11.6. The van der Waals surface area contributed by atoms with E-state index in [1.54, 1.807) is 0 Å². The zero-order valence-electron chi connectivity index (χ0n) is 40.1. The van der Waals surface area contributed by atoms with Gasteiger partial charge in [-0.15, -0.1) is 0 Å². The van der Waals surface area contributed by atoms with Crippen molar-refractivity contribution >= 4 is 13.8 Å². The van der Waals surface area contributed by atoms with Crippen molar-refractivity contribution in [3.05, 3.63) is 72.9 Å². The standard InChI is InChI=1S/C53H96NO7P/c1-3-5-7-9-11-13-15-17-19-21-23-25-26-27-28-30-32-34-36-38-40-42-44-46-53(55)61-52(51-60-62(56,57)59-49-47-54)50-58-48-45-43-41-39-37-35-33-31-29-24-22-20-18-16-14-12-10-8-6-4-2/h6,8,12,14-15,17-18,20-21,23-24,29,52H,3-5,7,9-11,13,16,19,22,25-28,30-51,54H2,1-2H3,(H,56,57)/b8-6-,14-12-,17-15-,20-18-,23-21-,29-24-. The molecule has 0 aliphatic rings. The summed E-state index contributed by atoms with van der Waals surface area (Å²) in [7, 11) is -4.29. The zero-order valence-corrected chi connectivity index (χ0v) is 41.0. The van der Waals surface area contributed by atoms with Gasteiger partial charge in [0.15, 0.2) is 0 Å². The molecule has 0 aliphatic heterocycles. The fraction of sp³-hybridized carbons (Fsp3) is 0.755. The number of rotatable bonds is 48. The SMILES string of the molecule is CC/C=C\C/C=C\C/C=C\C/C=C\CCCCCCCCCOCC(COP(=O)(O)OCCN)OC(=O)CCCCCCCCCCCCC/C=C\C/C=C\CCCCCCC. The van der Waals surface area contributed by atoms with Crippen LogP contribution in [0.25, 0.3) is 0 Å². The highest BCUT2D eigenvalue weighted by Crippen LogP contribution is 2.43. The number of hydrogen-bond acceptors (Lipinski definition) is 7. The van der Waals surface area contributed by atoms with Gasteiger partial charge in [-0.2, -0.15) is 0 Å². The summed E-state index contributed by atoms with van der Waals surface area (Å²) in [5.74, 6) is -0.337. The summed E-state index contributed by atoms with van der Waals surface area (Å²) >= 11 is 0. The van der Waals surface area contributed by atoms with Crippen LogP contribution in [-0.4, -0.2) is 49.9 Å². The Morgan fingerprint density at radius 1 is 0.500 bits per heavy atom. The van der Waals surface area contributed by atoms with Crippen LogP contribution in [0.15, 0.2) is 72.9 Å². The number of phosphoric ester groups is 1. The van der Waals surface area contributed by atoms with Crippen molar-refractivity contribution < 1.29 is 32.8 Å². The van der Waals surface area contributed by atoms with E-state index in [1.165, 1.54) is 122 Å². The summed E-state index contributed by atoms with van der Waals surface area (Å²) in [5, 5.41) is 0. The highest BCUT2D eigenvalue weighted by molar-refractivity contribution is 7.47. The molecule has 9 heteroatoms. The Labute approximate surface area is 382 Å². The Kier molecular flexibility index (Phi) is 48.3. The molecule has 0 radical (unpaired) electrons. The summed E-state index contributed by atoms with van der Waals surface area (Å²) in [6.07, 6.45) is 63.6. The molecule has 3 N–H and O–H groups in total. The van der Waals surface area contributed by atoms with E-state index in [4.69, 9.17) is 24.3 Å². The minimum absolute atomic E-state index is 0.0950. The molecule has 2 atom stereocenters. The minimum atomic E-state index is -4.29. The normalized spacial score (nSPS) is 13.9. The number of carbonyl (C=O) groups excluding carboxylic acids is 1. The summed E-state index contributed by atoms with van der Waals surface area (Å²) < 4.78 is 33.6. The van der Waals surface area contributed by atoms with Gasteiger partial charge in [0, 0.05) is 19.6 Å². The number of unbranched alkanes of at least 4 members (excludes halogenated alkanes) is 23. The van der Waals surface area contributed by atoms with Crippen molar-refractivity contribution in [3.8, 4) is 0 Å². The molecule has 8 nitrogen and oxygen atoms in total. The highest BCUT2D eigenvalue weighted by Gasteiger charge is 2.25. The van der Waals surface area contributed by atoms with E-state index >= 15 is 0 Å². The molecular formula is C53H96NO7P. The first-order valence-electron chi connectivity index (χ1n) is 25.4. The lowest BCUT2D eigenvalue weighted by Crippen LogP contribution is -2.28. The van der Waals surface area contributed by atoms with Crippen molar-refractivity contribution in [1.29, 1.82) is 0 Å². The van der Waals surface area contributed by atoms with Crippen molar-refractivity contribution in [1.82, 2.24) is 0 Å². The third-order valence-electron chi connectivity index (χ3n) is 10.6. The number of allylic oxidation sites excluding steroid dienone is 12. The molecule has 0 amide bonds. The topological polar surface area (TPSA) is 117 Å². The van der Waals surface area contributed by atoms with Gasteiger partial charge in [-0.1, -0.05) is 202 Å². The van der Waals surface area contributed by atoms with Gasteiger partial charge in [-0.05, 0) is 83.5 Å². The van der Waals surface area contributed by atoms with E-state index in [0.29, 0.717) is 13.0 Å². The summed E-state index contributed by atoms with van der Waals surface area (Å²) in [6.45, 7) is 4.78. The van der Waals surface area contributed by atoms with E-state index in [1.807, 2.05) is 0 Å². The van der Waals surface area contributed by atoms with Crippen molar-refractivity contribution in [2.45, 2.75) is 225 Å². The molecule has 0 aliphatic carbocycles. The molecule has 0 aromatic rings. The molecule has 0 aromatic carbocycles. The summed E-state index contributed by atoms with van der Waals surface area (Å²) in [4.78, 5) is 22.6. The maximum Gasteiger partial charge on any atom is 0.472 e. The molecule has 0 fully saturated rings. The second kappa shape index (κ2) is 49.9. The Balaban J connectivity index is 3.98. The van der Waals surface area contributed by atoms with Gasteiger partial charge in [0.25, 0.3) is 0 Å². The van der Waals surface area contributed by atoms with Gasteiger partial charge in [-0.25, -0.2) is 4.57 Å². The molecule has 0 saturated heterocycles. The molecule has 62 heavy (non-hydrogen) atoms. The van der Waals surface area contributed by atoms with Crippen molar-refractivity contribution in [2.24, 2.45) is 5.73 Å². The Hall–Kier alpha value is -2.06. The third kappa shape index (κ3) is 49.0. The molecule has 0 aromatic heterocycles. The number of phosphoric acid groups is 1. The average Bonchev–Trinajstić information content (AvgIpc) is 3.26. The second-order valence-corrected chi connectivity index (χ2v) is 18.1. The lowest BCUT2D eigenvalue weighted by atomic mass is 10.0.